The largest absolute Gasteiger partial charge is 0.479 e. The van der Waals surface area contributed by atoms with Crippen molar-refractivity contribution in [2.45, 2.75) is 0 Å². The van der Waals surface area contributed by atoms with Crippen LogP contribution in [0, 0.1) is 0 Å². The van der Waals surface area contributed by atoms with E-state index in [1.54, 1.807) is 0 Å². The van der Waals surface area contributed by atoms with Crippen molar-refractivity contribution in [1.82, 2.24) is 9.97 Å². The molecule has 0 saturated heterocycles. The van der Waals surface area contributed by atoms with Gasteiger partial charge in [-0.15, -0.1) is 0 Å². The first-order valence-electron chi connectivity index (χ1n) is 7.05. The Morgan fingerprint density at radius 1 is 1.08 bits per heavy atom. The molecule has 2 heterocycles. The molecule has 0 radical (unpaired) electrons. The second kappa shape index (κ2) is 6.18. The smallest absolute Gasteiger partial charge is 0.312 e. The number of halogens is 1. The summed E-state index contributed by atoms with van der Waals surface area (Å²) in [5, 5.41) is 10.5. The number of thiazole rings is 1. The fraction of sp³-hybridized carbons (Fsp3) is 0. The predicted octanol–water partition coefficient (Wildman–Crippen LogP) is 5.17. The van der Waals surface area contributed by atoms with Gasteiger partial charge in [0.2, 0.25) is 11.0 Å². The Morgan fingerprint density at radius 3 is 2.71 bits per heavy atom. The monoisotopic (exact) mass is 399 g/mol. The molecule has 0 aliphatic carbocycles. The molecule has 24 heavy (non-hydrogen) atoms. The Labute approximate surface area is 149 Å². The number of para-hydroxylation sites is 1. The first-order chi connectivity index (χ1) is 11.7. The fourth-order valence-electron chi connectivity index (χ4n) is 2.19. The highest BCUT2D eigenvalue weighted by molar-refractivity contribution is 9.10. The molecule has 4 rings (SSSR count). The minimum atomic E-state index is -0.273. The van der Waals surface area contributed by atoms with Crippen LogP contribution in [0.15, 0.2) is 62.4 Å². The van der Waals surface area contributed by atoms with Crippen molar-refractivity contribution in [3.63, 3.8) is 0 Å². The predicted molar refractivity (Wildman–Crippen MR) is 98.2 cm³/mol. The normalized spacial score (nSPS) is 11.5. The molecule has 0 spiro atoms. The molecule has 5 nitrogen and oxygen atoms in total. The van der Waals surface area contributed by atoms with Gasteiger partial charge < -0.3 is 9.52 Å². The second-order valence-electron chi connectivity index (χ2n) is 4.91. The highest BCUT2D eigenvalue weighted by Gasteiger charge is 2.14. The maximum Gasteiger partial charge on any atom is 0.312 e. The summed E-state index contributed by atoms with van der Waals surface area (Å²) in [6, 6.07) is 15.3. The van der Waals surface area contributed by atoms with E-state index < -0.39 is 0 Å². The van der Waals surface area contributed by atoms with Crippen LogP contribution in [0.5, 0.6) is 5.95 Å². The molecule has 0 saturated carbocycles. The summed E-state index contributed by atoms with van der Waals surface area (Å²) >= 11 is 4.91. The fourth-order valence-corrected chi connectivity index (χ4v) is 3.45. The van der Waals surface area contributed by atoms with Gasteiger partial charge >= 0.3 is 5.95 Å². The molecular formula is C17H10BrN3O2S. The lowest BCUT2D eigenvalue weighted by atomic mass is 10.2. The van der Waals surface area contributed by atoms with E-state index in [-0.39, 0.29) is 11.6 Å². The number of oxazole rings is 1. The van der Waals surface area contributed by atoms with Crippen molar-refractivity contribution in [3.05, 3.63) is 58.7 Å². The summed E-state index contributed by atoms with van der Waals surface area (Å²) in [7, 11) is 0. The Balaban J connectivity index is 1.66. The van der Waals surface area contributed by atoms with E-state index in [0.717, 1.165) is 20.3 Å². The molecule has 0 aliphatic rings. The minimum Gasteiger partial charge on any atom is -0.479 e. The molecule has 118 valence electrons. The number of hydrogen-bond donors (Lipinski definition) is 1. The van der Waals surface area contributed by atoms with Crippen LogP contribution in [0.3, 0.4) is 0 Å². The molecule has 0 bridgehead atoms. The molecule has 4 aromatic rings. The molecule has 0 atom stereocenters. The Bertz CT molecular complexity index is 1020. The number of aliphatic imine (C=N–C) groups is 1. The highest BCUT2D eigenvalue weighted by atomic mass is 79.9. The van der Waals surface area contributed by atoms with E-state index in [1.807, 2.05) is 48.5 Å². The Morgan fingerprint density at radius 2 is 1.88 bits per heavy atom. The van der Waals surface area contributed by atoms with E-state index in [2.05, 4.69) is 30.9 Å². The first-order valence-corrected chi connectivity index (χ1v) is 8.66. The van der Waals surface area contributed by atoms with Crippen LogP contribution >= 0.6 is 27.3 Å². The van der Waals surface area contributed by atoms with Crippen molar-refractivity contribution in [2.24, 2.45) is 4.99 Å². The highest BCUT2D eigenvalue weighted by Crippen LogP contribution is 2.32. The first kappa shape index (κ1) is 15.0. The summed E-state index contributed by atoms with van der Waals surface area (Å²) in [4.78, 5) is 13.0. The number of fused-ring (bicyclic) bond motifs is 1. The van der Waals surface area contributed by atoms with Crippen LogP contribution in [-0.2, 0) is 0 Å². The maximum absolute atomic E-state index is 9.95. The lowest BCUT2D eigenvalue weighted by Gasteiger charge is -1.96. The summed E-state index contributed by atoms with van der Waals surface area (Å²) in [5.41, 5.74) is 1.92. The Hall–Kier alpha value is -2.51. The Kier molecular flexibility index (Phi) is 3.87. The van der Waals surface area contributed by atoms with Gasteiger partial charge in [-0.25, -0.2) is 15.0 Å². The maximum atomic E-state index is 9.95. The molecule has 0 fully saturated rings. The lowest BCUT2D eigenvalue weighted by molar-refractivity contribution is 0.337. The van der Waals surface area contributed by atoms with E-state index >= 15 is 0 Å². The van der Waals surface area contributed by atoms with Crippen LogP contribution in [0.4, 0.5) is 5.13 Å². The van der Waals surface area contributed by atoms with E-state index in [0.29, 0.717) is 11.0 Å². The molecule has 0 amide bonds. The summed E-state index contributed by atoms with van der Waals surface area (Å²) in [6.07, 6.45) is 1.46. The van der Waals surface area contributed by atoms with E-state index in [9.17, 15) is 5.11 Å². The lowest BCUT2D eigenvalue weighted by Crippen LogP contribution is -1.83. The van der Waals surface area contributed by atoms with Crippen molar-refractivity contribution in [3.8, 4) is 17.4 Å². The average Bonchev–Trinajstić information content (AvgIpc) is 3.16. The number of nitrogens with zero attached hydrogens (tertiary/aromatic N) is 3. The van der Waals surface area contributed by atoms with Gasteiger partial charge in [0, 0.05) is 4.47 Å². The van der Waals surface area contributed by atoms with Crippen molar-refractivity contribution in [2.75, 3.05) is 0 Å². The average molecular weight is 400 g/mol. The molecule has 0 unspecified atom stereocenters. The zero-order chi connectivity index (χ0) is 16.5. The van der Waals surface area contributed by atoms with E-state index in [4.69, 9.17) is 4.42 Å². The van der Waals surface area contributed by atoms with Crippen molar-refractivity contribution < 1.29 is 9.52 Å². The summed E-state index contributed by atoms with van der Waals surface area (Å²) in [5.74, 6) is 0.0522. The molecule has 2 aromatic heterocycles. The van der Waals surface area contributed by atoms with Gasteiger partial charge in [-0.3, -0.25) is 0 Å². The zero-order valence-electron chi connectivity index (χ0n) is 12.2. The number of aromatic nitrogens is 2. The SMILES string of the molecule is Oc1oc(-c2ccccc2Br)nc1/C=N/c1nc2ccccc2s1. The zero-order valence-corrected chi connectivity index (χ0v) is 14.6. The van der Waals surface area contributed by atoms with Crippen LogP contribution in [-0.4, -0.2) is 21.3 Å². The topological polar surface area (TPSA) is 71.5 Å². The van der Waals surface area contributed by atoms with Crippen LogP contribution in [0.25, 0.3) is 21.7 Å². The summed E-state index contributed by atoms with van der Waals surface area (Å²) in [6.45, 7) is 0. The summed E-state index contributed by atoms with van der Waals surface area (Å²) < 4.78 is 7.23. The standard InChI is InChI=1S/C17H10BrN3O2S/c18-11-6-2-1-5-10(11)15-20-13(16(22)23-15)9-19-17-21-12-7-3-4-8-14(12)24-17/h1-9,22H/b19-9+. The second-order valence-corrected chi connectivity index (χ2v) is 6.78. The quantitative estimate of drug-likeness (QED) is 0.482. The van der Waals surface area contributed by atoms with Crippen LogP contribution in [0.1, 0.15) is 5.69 Å². The van der Waals surface area contributed by atoms with Crippen LogP contribution in [0.2, 0.25) is 0 Å². The van der Waals surface area contributed by atoms with Crippen molar-refractivity contribution >= 4 is 48.8 Å². The molecule has 2 aromatic carbocycles. The number of hydrogen-bond acceptors (Lipinski definition) is 6. The minimum absolute atomic E-state index is 0.264. The number of benzene rings is 2. The van der Waals surface area contributed by atoms with Gasteiger partial charge in [-0.05, 0) is 40.2 Å². The third-order valence-corrected chi connectivity index (χ3v) is 4.95. The molecule has 1 N–H and O–H groups in total. The van der Waals surface area contributed by atoms with Gasteiger partial charge in [-0.2, -0.15) is 0 Å². The van der Waals surface area contributed by atoms with Gasteiger partial charge in [0.05, 0.1) is 22.0 Å². The molecular weight excluding hydrogens is 390 g/mol. The van der Waals surface area contributed by atoms with Gasteiger partial charge in [0.15, 0.2) is 5.69 Å². The molecule has 0 aliphatic heterocycles. The number of aromatic hydroxyl groups is 1. The van der Waals surface area contributed by atoms with Crippen LogP contribution < -0.4 is 0 Å². The third kappa shape index (κ3) is 2.83. The van der Waals surface area contributed by atoms with E-state index in [1.165, 1.54) is 17.6 Å². The van der Waals surface area contributed by atoms with Crippen molar-refractivity contribution in [1.29, 1.82) is 0 Å². The molecule has 7 heteroatoms. The third-order valence-electron chi connectivity index (χ3n) is 3.32. The van der Waals surface area contributed by atoms with Gasteiger partial charge in [0.25, 0.3) is 0 Å². The van der Waals surface area contributed by atoms with Gasteiger partial charge in [0.1, 0.15) is 0 Å². The number of rotatable bonds is 3. The van der Waals surface area contributed by atoms with Gasteiger partial charge in [-0.1, -0.05) is 35.6 Å².